The highest BCUT2D eigenvalue weighted by Crippen LogP contribution is 2.12. The first-order valence-electron chi connectivity index (χ1n) is 5.10. The molecular weight excluding hydrogens is 225 g/mol. The Labute approximate surface area is 97.7 Å². The van der Waals surface area contributed by atoms with E-state index >= 15 is 0 Å². The van der Waals surface area contributed by atoms with Crippen LogP contribution in [0, 0.1) is 5.82 Å². The quantitative estimate of drug-likeness (QED) is 0.744. The molecule has 4 heteroatoms. The van der Waals surface area contributed by atoms with Gasteiger partial charge in [0.05, 0.1) is 17.8 Å². The Morgan fingerprint density at radius 3 is 2.75 bits per heavy atom. The Bertz CT molecular complexity index is 413. The Morgan fingerprint density at radius 1 is 1.25 bits per heavy atom. The van der Waals surface area contributed by atoms with Crippen molar-refractivity contribution in [1.82, 2.24) is 4.98 Å². The molecule has 0 aliphatic heterocycles. The fourth-order valence-electron chi connectivity index (χ4n) is 1.34. The van der Waals surface area contributed by atoms with Crippen molar-refractivity contribution >= 4 is 11.3 Å². The van der Waals surface area contributed by atoms with Crippen LogP contribution in [0.15, 0.2) is 35.2 Å². The normalized spacial score (nSPS) is 10.3. The summed E-state index contributed by atoms with van der Waals surface area (Å²) in [6.07, 6.45) is 1.84. The van der Waals surface area contributed by atoms with E-state index in [-0.39, 0.29) is 5.82 Å². The summed E-state index contributed by atoms with van der Waals surface area (Å²) in [6.45, 7) is 0.628. The number of aromatic nitrogens is 1. The van der Waals surface area contributed by atoms with E-state index in [2.05, 4.69) is 4.98 Å². The van der Waals surface area contributed by atoms with Crippen LogP contribution >= 0.6 is 11.3 Å². The van der Waals surface area contributed by atoms with Gasteiger partial charge < -0.3 is 4.74 Å². The summed E-state index contributed by atoms with van der Waals surface area (Å²) < 4.78 is 18.1. The standard InChI is InChI=1S/C12H12FNOS/c13-10-3-5-12(6-4-10)15-7-1-2-11-8-16-9-14-11/h3-6,8-9H,1-2,7H2. The van der Waals surface area contributed by atoms with Gasteiger partial charge in [-0.15, -0.1) is 11.3 Å². The zero-order valence-corrected chi connectivity index (χ0v) is 9.54. The Balaban J connectivity index is 1.70. The lowest BCUT2D eigenvalue weighted by Gasteiger charge is -2.04. The van der Waals surface area contributed by atoms with Crippen molar-refractivity contribution in [2.45, 2.75) is 12.8 Å². The number of ether oxygens (including phenoxy) is 1. The van der Waals surface area contributed by atoms with Gasteiger partial charge >= 0.3 is 0 Å². The number of nitrogens with zero attached hydrogens (tertiary/aromatic N) is 1. The first-order valence-corrected chi connectivity index (χ1v) is 6.04. The molecule has 0 unspecified atom stereocenters. The zero-order chi connectivity index (χ0) is 11.2. The average Bonchev–Trinajstić information content (AvgIpc) is 2.80. The van der Waals surface area contributed by atoms with Gasteiger partial charge in [-0.25, -0.2) is 9.37 Å². The minimum Gasteiger partial charge on any atom is -0.494 e. The summed E-state index contributed by atoms with van der Waals surface area (Å²) in [6, 6.07) is 6.07. The van der Waals surface area contributed by atoms with E-state index in [1.807, 2.05) is 10.9 Å². The van der Waals surface area contributed by atoms with Gasteiger partial charge in [-0.1, -0.05) is 0 Å². The van der Waals surface area contributed by atoms with Gasteiger partial charge in [0.2, 0.25) is 0 Å². The molecule has 1 aromatic carbocycles. The van der Waals surface area contributed by atoms with Crippen LogP contribution < -0.4 is 4.74 Å². The topological polar surface area (TPSA) is 22.1 Å². The number of rotatable bonds is 5. The van der Waals surface area contributed by atoms with Crippen molar-refractivity contribution in [1.29, 1.82) is 0 Å². The number of hydrogen-bond acceptors (Lipinski definition) is 3. The molecule has 1 aromatic heterocycles. The van der Waals surface area contributed by atoms with Crippen molar-refractivity contribution in [3.05, 3.63) is 46.7 Å². The van der Waals surface area contributed by atoms with Gasteiger partial charge in [0, 0.05) is 5.38 Å². The van der Waals surface area contributed by atoms with Gasteiger partial charge in [0.25, 0.3) is 0 Å². The number of thiazole rings is 1. The van der Waals surface area contributed by atoms with Crippen LogP contribution in [0.5, 0.6) is 5.75 Å². The summed E-state index contributed by atoms with van der Waals surface area (Å²) in [4.78, 5) is 4.19. The molecule has 0 N–H and O–H groups in total. The van der Waals surface area contributed by atoms with Gasteiger partial charge in [0.15, 0.2) is 0 Å². The predicted molar refractivity (Wildman–Crippen MR) is 62.3 cm³/mol. The summed E-state index contributed by atoms with van der Waals surface area (Å²) in [5.41, 5.74) is 2.93. The molecule has 0 aliphatic carbocycles. The fraction of sp³-hybridized carbons (Fsp3) is 0.250. The van der Waals surface area contributed by atoms with Crippen LogP contribution in [0.4, 0.5) is 4.39 Å². The highest BCUT2D eigenvalue weighted by atomic mass is 32.1. The zero-order valence-electron chi connectivity index (χ0n) is 8.73. The lowest BCUT2D eigenvalue weighted by molar-refractivity contribution is 0.310. The van der Waals surface area contributed by atoms with Crippen LogP contribution in [0.2, 0.25) is 0 Å². The number of benzene rings is 1. The van der Waals surface area contributed by atoms with E-state index in [4.69, 9.17) is 4.74 Å². The van der Waals surface area contributed by atoms with Gasteiger partial charge in [-0.05, 0) is 37.1 Å². The molecular formula is C12H12FNOS. The summed E-state index contributed by atoms with van der Waals surface area (Å²) in [5.74, 6) is 0.467. The fourth-order valence-corrected chi connectivity index (χ4v) is 1.93. The molecule has 0 aliphatic rings. The van der Waals surface area contributed by atoms with Gasteiger partial charge in [-0.3, -0.25) is 0 Å². The Morgan fingerprint density at radius 2 is 2.06 bits per heavy atom. The largest absolute Gasteiger partial charge is 0.494 e. The summed E-state index contributed by atoms with van der Waals surface area (Å²) >= 11 is 1.60. The SMILES string of the molecule is Fc1ccc(OCCCc2cscn2)cc1. The Hall–Kier alpha value is -1.42. The molecule has 2 aromatic rings. The second kappa shape index (κ2) is 5.61. The van der Waals surface area contributed by atoms with Crippen molar-refractivity contribution < 1.29 is 9.13 Å². The lowest BCUT2D eigenvalue weighted by atomic mass is 10.3. The third-order valence-corrected chi connectivity index (χ3v) is 2.78. The van der Waals surface area contributed by atoms with E-state index in [1.165, 1.54) is 12.1 Å². The van der Waals surface area contributed by atoms with E-state index in [1.54, 1.807) is 23.5 Å². The van der Waals surface area contributed by atoms with Crippen LogP contribution in [0.1, 0.15) is 12.1 Å². The Kier molecular flexibility index (Phi) is 3.88. The molecule has 1 heterocycles. The van der Waals surface area contributed by atoms with Crippen LogP contribution in [0.3, 0.4) is 0 Å². The molecule has 0 saturated carbocycles. The second-order valence-electron chi connectivity index (χ2n) is 3.39. The maximum absolute atomic E-state index is 12.6. The number of hydrogen-bond donors (Lipinski definition) is 0. The third kappa shape index (κ3) is 3.31. The molecule has 0 bridgehead atoms. The van der Waals surface area contributed by atoms with Crippen molar-refractivity contribution in [2.75, 3.05) is 6.61 Å². The van der Waals surface area contributed by atoms with Crippen LogP contribution in [-0.4, -0.2) is 11.6 Å². The molecule has 0 radical (unpaired) electrons. The first-order chi connectivity index (χ1) is 7.84. The summed E-state index contributed by atoms with van der Waals surface area (Å²) in [5, 5.41) is 2.04. The highest BCUT2D eigenvalue weighted by Gasteiger charge is 1.97. The molecule has 84 valence electrons. The molecule has 0 fully saturated rings. The third-order valence-electron chi connectivity index (χ3n) is 2.14. The molecule has 0 atom stereocenters. The molecule has 0 amide bonds. The van der Waals surface area contributed by atoms with Gasteiger partial charge in [-0.2, -0.15) is 0 Å². The number of aryl methyl sites for hydroxylation is 1. The molecule has 2 rings (SSSR count). The predicted octanol–water partition coefficient (Wildman–Crippen LogP) is 3.29. The highest BCUT2D eigenvalue weighted by molar-refractivity contribution is 7.07. The van der Waals surface area contributed by atoms with Gasteiger partial charge in [0.1, 0.15) is 11.6 Å². The minimum atomic E-state index is -0.241. The van der Waals surface area contributed by atoms with E-state index in [0.29, 0.717) is 12.4 Å². The van der Waals surface area contributed by atoms with Crippen molar-refractivity contribution in [3.8, 4) is 5.75 Å². The molecule has 0 spiro atoms. The minimum absolute atomic E-state index is 0.241. The second-order valence-corrected chi connectivity index (χ2v) is 4.10. The molecule has 2 nitrogen and oxygen atoms in total. The van der Waals surface area contributed by atoms with E-state index in [9.17, 15) is 4.39 Å². The van der Waals surface area contributed by atoms with Crippen molar-refractivity contribution in [3.63, 3.8) is 0 Å². The first kappa shape index (κ1) is 11.1. The lowest BCUT2D eigenvalue weighted by Crippen LogP contribution is -1.99. The maximum Gasteiger partial charge on any atom is 0.123 e. The number of halogens is 1. The van der Waals surface area contributed by atoms with Crippen LogP contribution in [0.25, 0.3) is 0 Å². The van der Waals surface area contributed by atoms with E-state index < -0.39 is 0 Å². The maximum atomic E-state index is 12.6. The monoisotopic (exact) mass is 237 g/mol. The van der Waals surface area contributed by atoms with Crippen molar-refractivity contribution in [2.24, 2.45) is 0 Å². The smallest absolute Gasteiger partial charge is 0.123 e. The average molecular weight is 237 g/mol. The molecule has 16 heavy (non-hydrogen) atoms. The van der Waals surface area contributed by atoms with Crippen LogP contribution in [-0.2, 0) is 6.42 Å². The van der Waals surface area contributed by atoms with E-state index in [0.717, 1.165) is 18.5 Å². The molecule has 0 saturated heterocycles. The summed E-state index contributed by atoms with van der Waals surface area (Å²) in [7, 11) is 0.